The zero-order chi connectivity index (χ0) is 10.1. The SMILES string of the molecule is Cc1cccc(C(C)(F)CN)c1C. The number of benzene rings is 1. The molecule has 0 amide bonds. The van der Waals surface area contributed by atoms with E-state index in [-0.39, 0.29) is 6.54 Å². The first kappa shape index (κ1) is 10.2. The van der Waals surface area contributed by atoms with Gasteiger partial charge in [-0.2, -0.15) is 0 Å². The Bertz CT molecular complexity index is 305. The lowest BCUT2D eigenvalue weighted by atomic mass is 9.91. The molecule has 0 fully saturated rings. The number of hydrogen-bond donors (Lipinski definition) is 1. The molecule has 13 heavy (non-hydrogen) atoms. The van der Waals surface area contributed by atoms with E-state index in [1.807, 2.05) is 26.0 Å². The Morgan fingerprint density at radius 3 is 2.54 bits per heavy atom. The van der Waals surface area contributed by atoms with Crippen LogP contribution in [0, 0.1) is 13.8 Å². The van der Waals surface area contributed by atoms with Crippen molar-refractivity contribution >= 4 is 0 Å². The fourth-order valence-corrected chi connectivity index (χ4v) is 1.43. The minimum absolute atomic E-state index is 0.0251. The van der Waals surface area contributed by atoms with Crippen molar-refractivity contribution < 1.29 is 4.39 Å². The van der Waals surface area contributed by atoms with Gasteiger partial charge in [0.15, 0.2) is 0 Å². The van der Waals surface area contributed by atoms with Gasteiger partial charge in [-0.3, -0.25) is 0 Å². The van der Waals surface area contributed by atoms with Crippen LogP contribution in [-0.2, 0) is 5.67 Å². The lowest BCUT2D eigenvalue weighted by Crippen LogP contribution is -2.27. The maximum Gasteiger partial charge on any atom is 0.145 e. The topological polar surface area (TPSA) is 26.0 Å². The van der Waals surface area contributed by atoms with Crippen molar-refractivity contribution in [3.8, 4) is 0 Å². The second kappa shape index (κ2) is 3.46. The zero-order valence-electron chi connectivity index (χ0n) is 8.39. The minimum Gasteiger partial charge on any atom is -0.327 e. The van der Waals surface area contributed by atoms with Gasteiger partial charge in [-0.1, -0.05) is 18.2 Å². The number of rotatable bonds is 2. The monoisotopic (exact) mass is 181 g/mol. The number of hydrogen-bond acceptors (Lipinski definition) is 1. The van der Waals surface area contributed by atoms with Gasteiger partial charge in [-0.15, -0.1) is 0 Å². The molecule has 0 aliphatic carbocycles. The van der Waals surface area contributed by atoms with Gasteiger partial charge >= 0.3 is 0 Å². The largest absolute Gasteiger partial charge is 0.327 e. The minimum atomic E-state index is -1.41. The van der Waals surface area contributed by atoms with Crippen molar-refractivity contribution in [2.75, 3.05) is 6.54 Å². The van der Waals surface area contributed by atoms with E-state index in [0.29, 0.717) is 5.56 Å². The molecule has 1 unspecified atom stereocenters. The summed E-state index contributed by atoms with van der Waals surface area (Å²) in [7, 11) is 0. The van der Waals surface area contributed by atoms with Crippen LogP contribution in [-0.4, -0.2) is 6.54 Å². The van der Waals surface area contributed by atoms with Crippen LogP contribution in [0.4, 0.5) is 4.39 Å². The van der Waals surface area contributed by atoms with Gasteiger partial charge < -0.3 is 5.73 Å². The van der Waals surface area contributed by atoms with Crippen molar-refractivity contribution in [2.24, 2.45) is 5.73 Å². The van der Waals surface area contributed by atoms with Gasteiger partial charge in [0, 0.05) is 6.54 Å². The zero-order valence-corrected chi connectivity index (χ0v) is 8.39. The molecule has 0 bridgehead atoms. The third-order valence-corrected chi connectivity index (χ3v) is 2.55. The van der Waals surface area contributed by atoms with E-state index < -0.39 is 5.67 Å². The molecule has 72 valence electrons. The summed E-state index contributed by atoms with van der Waals surface area (Å²) < 4.78 is 13.9. The van der Waals surface area contributed by atoms with Crippen molar-refractivity contribution in [1.29, 1.82) is 0 Å². The van der Waals surface area contributed by atoms with Crippen LogP contribution in [0.1, 0.15) is 23.6 Å². The average Bonchev–Trinajstić information content (AvgIpc) is 2.09. The molecule has 0 saturated carbocycles. The summed E-state index contributed by atoms with van der Waals surface area (Å²) in [6.07, 6.45) is 0. The van der Waals surface area contributed by atoms with Crippen LogP contribution in [0.2, 0.25) is 0 Å². The molecule has 0 saturated heterocycles. The molecule has 1 aromatic rings. The fraction of sp³-hybridized carbons (Fsp3) is 0.455. The smallest absolute Gasteiger partial charge is 0.145 e. The molecule has 1 nitrogen and oxygen atoms in total. The van der Waals surface area contributed by atoms with Gasteiger partial charge in [0.1, 0.15) is 5.67 Å². The molecule has 0 aromatic heterocycles. The molecule has 0 aliphatic rings. The van der Waals surface area contributed by atoms with Crippen LogP contribution in [0.3, 0.4) is 0 Å². The third kappa shape index (κ3) is 1.89. The van der Waals surface area contributed by atoms with E-state index in [4.69, 9.17) is 5.73 Å². The van der Waals surface area contributed by atoms with E-state index in [9.17, 15) is 4.39 Å². The Kier molecular flexibility index (Phi) is 2.71. The lowest BCUT2D eigenvalue weighted by molar-refractivity contribution is 0.202. The fourth-order valence-electron chi connectivity index (χ4n) is 1.43. The molecule has 1 aromatic carbocycles. The maximum atomic E-state index is 13.9. The number of aryl methyl sites for hydroxylation is 1. The Morgan fingerprint density at radius 1 is 1.38 bits per heavy atom. The van der Waals surface area contributed by atoms with E-state index in [1.165, 1.54) is 6.92 Å². The lowest BCUT2D eigenvalue weighted by Gasteiger charge is -2.21. The first-order valence-electron chi connectivity index (χ1n) is 4.44. The molecular weight excluding hydrogens is 165 g/mol. The van der Waals surface area contributed by atoms with Gasteiger partial charge in [-0.25, -0.2) is 4.39 Å². The summed E-state index contributed by atoms with van der Waals surface area (Å²) in [6.45, 7) is 5.45. The van der Waals surface area contributed by atoms with Crippen LogP contribution >= 0.6 is 0 Å². The summed E-state index contributed by atoms with van der Waals surface area (Å²) in [5, 5.41) is 0. The Balaban J connectivity index is 3.22. The Labute approximate surface area is 78.8 Å². The van der Waals surface area contributed by atoms with Crippen molar-refractivity contribution in [3.63, 3.8) is 0 Å². The highest BCUT2D eigenvalue weighted by Gasteiger charge is 2.25. The molecular formula is C11H16FN. The second-order valence-electron chi connectivity index (χ2n) is 3.65. The van der Waals surface area contributed by atoms with E-state index in [0.717, 1.165) is 11.1 Å². The Hall–Kier alpha value is -0.890. The highest BCUT2D eigenvalue weighted by molar-refractivity contribution is 5.37. The van der Waals surface area contributed by atoms with Crippen molar-refractivity contribution in [3.05, 3.63) is 34.9 Å². The second-order valence-corrected chi connectivity index (χ2v) is 3.65. The molecule has 0 heterocycles. The molecule has 0 spiro atoms. The normalized spacial score (nSPS) is 15.5. The molecule has 2 heteroatoms. The van der Waals surface area contributed by atoms with Gasteiger partial charge in [-0.05, 0) is 37.5 Å². The van der Waals surface area contributed by atoms with Crippen molar-refractivity contribution in [1.82, 2.24) is 0 Å². The van der Waals surface area contributed by atoms with Gasteiger partial charge in [0.25, 0.3) is 0 Å². The first-order valence-corrected chi connectivity index (χ1v) is 4.44. The predicted molar refractivity (Wildman–Crippen MR) is 53.4 cm³/mol. The summed E-state index contributed by atoms with van der Waals surface area (Å²) in [6, 6.07) is 5.64. The standard InChI is InChI=1S/C11H16FN/c1-8-5-4-6-10(9(8)2)11(3,12)7-13/h4-6H,7,13H2,1-3H3. The van der Waals surface area contributed by atoms with Gasteiger partial charge in [0.2, 0.25) is 0 Å². The third-order valence-electron chi connectivity index (χ3n) is 2.55. The summed E-state index contributed by atoms with van der Waals surface area (Å²) in [4.78, 5) is 0. The molecule has 1 atom stereocenters. The van der Waals surface area contributed by atoms with E-state index >= 15 is 0 Å². The molecule has 1 rings (SSSR count). The highest BCUT2D eigenvalue weighted by atomic mass is 19.1. The first-order chi connectivity index (χ1) is 5.99. The van der Waals surface area contributed by atoms with Crippen LogP contribution in [0.15, 0.2) is 18.2 Å². The van der Waals surface area contributed by atoms with Crippen LogP contribution in [0.5, 0.6) is 0 Å². The van der Waals surface area contributed by atoms with Crippen molar-refractivity contribution in [2.45, 2.75) is 26.4 Å². The molecule has 0 radical (unpaired) electrons. The summed E-state index contributed by atoms with van der Waals surface area (Å²) in [5.41, 5.74) is 6.78. The van der Waals surface area contributed by atoms with E-state index in [2.05, 4.69) is 0 Å². The van der Waals surface area contributed by atoms with E-state index in [1.54, 1.807) is 6.07 Å². The highest BCUT2D eigenvalue weighted by Crippen LogP contribution is 2.28. The van der Waals surface area contributed by atoms with Crippen LogP contribution in [0.25, 0.3) is 0 Å². The molecule has 2 N–H and O–H groups in total. The number of alkyl halides is 1. The predicted octanol–water partition coefficient (Wildman–Crippen LogP) is 2.45. The number of halogens is 1. The quantitative estimate of drug-likeness (QED) is 0.745. The average molecular weight is 181 g/mol. The van der Waals surface area contributed by atoms with Gasteiger partial charge in [0.05, 0.1) is 0 Å². The van der Waals surface area contributed by atoms with Crippen LogP contribution < -0.4 is 5.73 Å². The Morgan fingerprint density at radius 2 is 2.00 bits per heavy atom. The summed E-state index contributed by atoms with van der Waals surface area (Å²) in [5.74, 6) is 0. The number of nitrogens with two attached hydrogens (primary N) is 1. The summed E-state index contributed by atoms with van der Waals surface area (Å²) >= 11 is 0. The molecule has 0 aliphatic heterocycles. The maximum absolute atomic E-state index is 13.9.